The highest BCUT2D eigenvalue weighted by atomic mass is 79.9. The first-order valence-corrected chi connectivity index (χ1v) is 6.84. The van der Waals surface area contributed by atoms with Crippen molar-refractivity contribution in [3.8, 4) is 0 Å². The molecule has 0 bridgehead atoms. The molecular formula is C14H13BrN2O4. The Morgan fingerprint density at radius 2 is 2.14 bits per heavy atom. The molecule has 0 aliphatic carbocycles. The van der Waals surface area contributed by atoms with Gasteiger partial charge in [-0.1, -0.05) is 0 Å². The minimum atomic E-state index is -1.07. The number of halogens is 1. The van der Waals surface area contributed by atoms with Crippen molar-refractivity contribution in [1.29, 1.82) is 0 Å². The summed E-state index contributed by atoms with van der Waals surface area (Å²) in [6.45, 7) is 0.321. The molecule has 7 heteroatoms. The van der Waals surface area contributed by atoms with Crippen molar-refractivity contribution in [3.05, 3.63) is 52.4 Å². The maximum atomic E-state index is 12.0. The van der Waals surface area contributed by atoms with Gasteiger partial charge in [-0.15, -0.1) is 0 Å². The van der Waals surface area contributed by atoms with Crippen LogP contribution in [0.4, 0.5) is 10.5 Å². The van der Waals surface area contributed by atoms with E-state index in [0.717, 1.165) is 0 Å². The van der Waals surface area contributed by atoms with E-state index in [2.05, 4.69) is 21.2 Å². The summed E-state index contributed by atoms with van der Waals surface area (Å²) >= 11 is 3.15. The number of furan rings is 1. The molecular weight excluding hydrogens is 340 g/mol. The van der Waals surface area contributed by atoms with Gasteiger partial charge < -0.3 is 19.7 Å². The lowest BCUT2D eigenvalue weighted by Gasteiger charge is -2.17. The van der Waals surface area contributed by atoms with E-state index in [4.69, 9.17) is 9.52 Å². The van der Waals surface area contributed by atoms with E-state index in [9.17, 15) is 9.59 Å². The van der Waals surface area contributed by atoms with E-state index in [1.54, 1.807) is 31.3 Å². The number of nitrogens with zero attached hydrogens (tertiary/aromatic N) is 1. The Balaban J connectivity index is 2.05. The zero-order chi connectivity index (χ0) is 15.4. The van der Waals surface area contributed by atoms with Gasteiger partial charge in [0.2, 0.25) is 0 Å². The summed E-state index contributed by atoms with van der Waals surface area (Å²) < 4.78 is 5.62. The summed E-state index contributed by atoms with van der Waals surface area (Å²) in [5, 5.41) is 11.7. The number of carbonyl (C=O) groups is 2. The van der Waals surface area contributed by atoms with Gasteiger partial charge in [-0.05, 0) is 46.3 Å². The second-order valence-corrected chi connectivity index (χ2v) is 5.22. The molecule has 2 amide bonds. The van der Waals surface area contributed by atoms with Gasteiger partial charge in [0.05, 0.1) is 18.4 Å². The Bertz CT molecular complexity index is 655. The predicted octanol–water partition coefficient (Wildman–Crippen LogP) is 3.40. The molecule has 21 heavy (non-hydrogen) atoms. The first kappa shape index (κ1) is 15.1. The summed E-state index contributed by atoms with van der Waals surface area (Å²) in [5.74, 6) is -0.406. The van der Waals surface area contributed by atoms with E-state index in [1.165, 1.54) is 17.2 Å². The molecule has 0 spiro atoms. The highest BCUT2D eigenvalue weighted by molar-refractivity contribution is 9.10. The molecule has 0 aliphatic heterocycles. The van der Waals surface area contributed by atoms with Gasteiger partial charge in [0, 0.05) is 17.2 Å². The molecule has 2 aromatic rings. The Kier molecular flexibility index (Phi) is 4.64. The molecule has 0 unspecified atom stereocenters. The maximum absolute atomic E-state index is 12.0. The smallest absolute Gasteiger partial charge is 0.336 e. The number of carboxylic acid groups (broad SMARTS) is 1. The summed E-state index contributed by atoms with van der Waals surface area (Å²) in [6, 6.07) is 7.75. The van der Waals surface area contributed by atoms with E-state index in [0.29, 0.717) is 22.5 Å². The second-order valence-electron chi connectivity index (χ2n) is 4.37. The molecule has 2 rings (SSSR count). The zero-order valence-corrected chi connectivity index (χ0v) is 12.8. The summed E-state index contributed by atoms with van der Waals surface area (Å²) in [5.41, 5.74) is 0.494. The Morgan fingerprint density at radius 1 is 1.38 bits per heavy atom. The second kappa shape index (κ2) is 6.45. The number of carboxylic acids is 1. The van der Waals surface area contributed by atoms with Gasteiger partial charge in [-0.25, -0.2) is 9.59 Å². The van der Waals surface area contributed by atoms with Crippen molar-refractivity contribution in [2.75, 3.05) is 12.4 Å². The predicted molar refractivity (Wildman–Crippen MR) is 80.3 cm³/mol. The fourth-order valence-corrected chi connectivity index (χ4v) is 2.11. The molecule has 0 aliphatic rings. The fourth-order valence-electron chi connectivity index (χ4n) is 1.69. The number of carbonyl (C=O) groups excluding carboxylic acids is 1. The van der Waals surface area contributed by atoms with Crippen LogP contribution in [0, 0.1) is 0 Å². The SMILES string of the molecule is CN(Cc1ccco1)C(=O)Nc1ccc(Br)c(C(=O)O)c1. The highest BCUT2D eigenvalue weighted by Gasteiger charge is 2.13. The molecule has 6 nitrogen and oxygen atoms in total. The molecule has 2 N–H and O–H groups in total. The molecule has 0 fully saturated rings. The third-order valence-electron chi connectivity index (χ3n) is 2.77. The molecule has 1 aromatic heterocycles. The number of aromatic carboxylic acids is 1. The number of amides is 2. The normalized spacial score (nSPS) is 10.2. The minimum Gasteiger partial charge on any atom is -0.478 e. The molecule has 0 saturated carbocycles. The Morgan fingerprint density at radius 3 is 2.76 bits per heavy atom. The summed E-state index contributed by atoms with van der Waals surface area (Å²) in [4.78, 5) is 24.5. The van der Waals surface area contributed by atoms with E-state index in [1.807, 2.05) is 0 Å². The molecule has 0 atom stereocenters. The minimum absolute atomic E-state index is 0.0847. The first-order valence-electron chi connectivity index (χ1n) is 6.04. The van der Waals surface area contributed by atoms with Crippen LogP contribution < -0.4 is 5.32 Å². The number of urea groups is 1. The number of hydrogen-bond donors (Lipinski definition) is 2. The molecule has 110 valence electrons. The average Bonchev–Trinajstić information content (AvgIpc) is 2.93. The Labute approximate surface area is 129 Å². The quantitative estimate of drug-likeness (QED) is 0.883. The monoisotopic (exact) mass is 352 g/mol. The van der Waals surface area contributed by atoms with Crippen LogP contribution in [0.25, 0.3) is 0 Å². The van der Waals surface area contributed by atoms with E-state index in [-0.39, 0.29) is 11.6 Å². The number of anilines is 1. The number of rotatable bonds is 4. The summed E-state index contributed by atoms with van der Waals surface area (Å²) in [6.07, 6.45) is 1.54. The van der Waals surface area contributed by atoms with Crippen LogP contribution in [0.3, 0.4) is 0 Å². The highest BCUT2D eigenvalue weighted by Crippen LogP contribution is 2.21. The number of benzene rings is 1. The van der Waals surface area contributed by atoms with E-state index >= 15 is 0 Å². The van der Waals surface area contributed by atoms with Crippen molar-refractivity contribution in [1.82, 2.24) is 4.90 Å². The van der Waals surface area contributed by atoms with Gasteiger partial charge in [-0.3, -0.25) is 0 Å². The first-order chi connectivity index (χ1) is 9.97. The maximum Gasteiger partial charge on any atom is 0.336 e. The largest absolute Gasteiger partial charge is 0.478 e. The zero-order valence-electron chi connectivity index (χ0n) is 11.2. The lowest BCUT2D eigenvalue weighted by Crippen LogP contribution is -2.30. The van der Waals surface area contributed by atoms with Gasteiger partial charge in [0.15, 0.2) is 0 Å². The molecule has 0 saturated heterocycles. The lowest BCUT2D eigenvalue weighted by atomic mass is 10.2. The fraction of sp³-hybridized carbons (Fsp3) is 0.143. The van der Waals surface area contributed by atoms with Crippen LogP contribution in [0.5, 0.6) is 0 Å². The molecule has 1 heterocycles. The van der Waals surface area contributed by atoms with Crippen molar-refractivity contribution in [2.24, 2.45) is 0 Å². The van der Waals surface area contributed by atoms with Crippen molar-refractivity contribution in [3.63, 3.8) is 0 Å². The topological polar surface area (TPSA) is 82.8 Å². The van der Waals surface area contributed by atoms with Crippen LogP contribution >= 0.6 is 15.9 Å². The van der Waals surface area contributed by atoms with Gasteiger partial charge in [0.25, 0.3) is 0 Å². The van der Waals surface area contributed by atoms with Crippen molar-refractivity contribution >= 4 is 33.6 Å². The number of nitrogens with one attached hydrogen (secondary N) is 1. The van der Waals surface area contributed by atoms with Gasteiger partial charge in [-0.2, -0.15) is 0 Å². The van der Waals surface area contributed by atoms with Crippen molar-refractivity contribution in [2.45, 2.75) is 6.54 Å². The van der Waals surface area contributed by atoms with Gasteiger partial charge in [0.1, 0.15) is 5.76 Å². The number of hydrogen-bond acceptors (Lipinski definition) is 3. The van der Waals surface area contributed by atoms with Crippen molar-refractivity contribution < 1.29 is 19.1 Å². The van der Waals surface area contributed by atoms with Crippen LogP contribution in [0.1, 0.15) is 16.1 Å². The Hall–Kier alpha value is -2.28. The molecule has 0 radical (unpaired) electrons. The van der Waals surface area contributed by atoms with Crippen LogP contribution in [-0.2, 0) is 6.54 Å². The summed E-state index contributed by atoms with van der Waals surface area (Å²) in [7, 11) is 1.62. The van der Waals surface area contributed by atoms with Gasteiger partial charge >= 0.3 is 12.0 Å². The van der Waals surface area contributed by atoms with Crippen LogP contribution in [-0.4, -0.2) is 29.1 Å². The third kappa shape index (κ3) is 3.85. The van der Waals surface area contributed by atoms with E-state index < -0.39 is 5.97 Å². The van der Waals surface area contributed by atoms with Crippen LogP contribution in [0.2, 0.25) is 0 Å². The standard InChI is InChI=1S/C14H13BrN2O4/c1-17(8-10-3-2-6-21-10)14(20)16-9-4-5-12(15)11(7-9)13(18)19/h2-7H,8H2,1H3,(H,16,20)(H,18,19). The lowest BCUT2D eigenvalue weighted by molar-refractivity contribution is 0.0696. The van der Waals surface area contributed by atoms with Crippen LogP contribution in [0.15, 0.2) is 45.5 Å². The third-order valence-corrected chi connectivity index (χ3v) is 3.46. The molecule has 1 aromatic carbocycles. The average molecular weight is 353 g/mol.